The lowest BCUT2D eigenvalue weighted by molar-refractivity contribution is -0.137. The molecular weight excluding hydrogens is 250 g/mol. The van der Waals surface area contributed by atoms with Crippen molar-refractivity contribution in [1.82, 2.24) is 10.6 Å². The average Bonchev–Trinajstić information content (AvgIpc) is 2.32. The molecule has 5 N–H and O–H groups in total. The number of hydrogen-bond donors (Lipinski definition) is 4. The highest BCUT2D eigenvalue weighted by Gasteiger charge is 2.20. The number of amides is 2. The van der Waals surface area contributed by atoms with Crippen LogP contribution in [-0.4, -0.2) is 41.5 Å². The largest absolute Gasteiger partial charge is 0.481 e. The lowest BCUT2D eigenvalue weighted by Gasteiger charge is -2.17. The molecule has 2 unspecified atom stereocenters. The highest BCUT2D eigenvalue weighted by atomic mass is 16.4. The summed E-state index contributed by atoms with van der Waals surface area (Å²) in [5, 5.41) is 13.6. The SMILES string of the molecule is CC(C)CNC(=O)C(C)NC(=O)C(N)CCC(=O)O. The molecule has 0 fully saturated rings. The van der Waals surface area contributed by atoms with Gasteiger partial charge in [0.05, 0.1) is 6.04 Å². The van der Waals surface area contributed by atoms with Gasteiger partial charge in [-0.3, -0.25) is 14.4 Å². The predicted molar refractivity (Wildman–Crippen MR) is 70.3 cm³/mol. The van der Waals surface area contributed by atoms with Crippen LogP contribution in [0.25, 0.3) is 0 Å². The molecule has 0 radical (unpaired) electrons. The molecule has 0 aliphatic heterocycles. The Morgan fingerprint density at radius 3 is 2.21 bits per heavy atom. The molecule has 0 aromatic heterocycles. The van der Waals surface area contributed by atoms with E-state index in [9.17, 15) is 14.4 Å². The van der Waals surface area contributed by atoms with E-state index in [4.69, 9.17) is 10.8 Å². The van der Waals surface area contributed by atoms with Crippen molar-refractivity contribution >= 4 is 17.8 Å². The summed E-state index contributed by atoms with van der Waals surface area (Å²) in [7, 11) is 0. The second-order valence-electron chi connectivity index (χ2n) is 4.91. The Kier molecular flexibility index (Phi) is 7.74. The van der Waals surface area contributed by atoms with Crippen molar-refractivity contribution in [3.63, 3.8) is 0 Å². The van der Waals surface area contributed by atoms with Gasteiger partial charge in [-0.15, -0.1) is 0 Å². The fourth-order valence-corrected chi connectivity index (χ4v) is 1.25. The van der Waals surface area contributed by atoms with Gasteiger partial charge in [-0.1, -0.05) is 13.8 Å². The van der Waals surface area contributed by atoms with E-state index in [2.05, 4.69) is 10.6 Å². The summed E-state index contributed by atoms with van der Waals surface area (Å²) < 4.78 is 0. The van der Waals surface area contributed by atoms with Gasteiger partial charge in [0.15, 0.2) is 0 Å². The third-order valence-corrected chi connectivity index (χ3v) is 2.44. The number of carboxylic acids is 1. The lowest BCUT2D eigenvalue weighted by atomic mass is 10.1. The first-order valence-electron chi connectivity index (χ1n) is 6.29. The highest BCUT2D eigenvalue weighted by Crippen LogP contribution is 1.96. The van der Waals surface area contributed by atoms with Gasteiger partial charge in [0.2, 0.25) is 11.8 Å². The number of aliphatic carboxylic acids is 1. The van der Waals surface area contributed by atoms with Gasteiger partial charge in [0.25, 0.3) is 0 Å². The first-order chi connectivity index (χ1) is 8.73. The molecule has 0 aromatic carbocycles. The Balaban J connectivity index is 4.09. The molecule has 7 heteroatoms. The van der Waals surface area contributed by atoms with Gasteiger partial charge in [-0.25, -0.2) is 0 Å². The normalized spacial score (nSPS) is 13.7. The summed E-state index contributed by atoms with van der Waals surface area (Å²) in [6.45, 7) is 6.01. The molecule has 0 rings (SSSR count). The number of hydrogen-bond acceptors (Lipinski definition) is 4. The fourth-order valence-electron chi connectivity index (χ4n) is 1.25. The molecule has 0 saturated heterocycles. The number of nitrogens with one attached hydrogen (secondary N) is 2. The minimum atomic E-state index is -1.01. The third kappa shape index (κ3) is 8.15. The maximum atomic E-state index is 11.6. The van der Waals surface area contributed by atoms with Crippen molar-refractivity contribution < 1.29 is 19.5 Å². The Labute approximate surface area is 112 Å². The van der Waals surface area contributed by atoms with Crippen LogP contribution in [0, 0.1) is 5.92 Å². The average molecular weight is 273 g/mol. The van der Waals surface area contributed by atoms with Gasteiger partial charge in [0, 0.05) is 13.0 Å². The Bertz CT molecular complexity index is 331. The quantitative estimate of drug-likeness (QED) is 0.473. The number of rotatable bonds is 8. The van der Waals surface area contributed by atoms with Crippen LogP contribution < -0.4 is 16.4 Å². The van der Waals surface area contributed by atoms with Gasteiger partial charge in [-0.2, -0.15) is 0 Å². The smallest absolute Gasteiger partial charge is 0.303 e. The topological polar surface area (TPSA) is 122 Å². The van der Waals surface area contributed by atoms with Crippen LogP contribution in [0.4, 0.5) is 0 Å². The Morgan fingerprint density at radius 1 is 1.16 bits per heavy atom. The van der Waals surface area contributed by atoms with Crippen LogP contribution >= 0.6 is 0 Å². The van der Waals surface area contributed by atoms with Crippen molar-refractivity contribution in [2.45, 2.75) is 45.7 Å². The number of carboxylic acid groups (broad SMARTS) is 1. The summed E-state index contributed by atoms with van der Waals surface area (Å²) >= 11 is 0. The zero-order valence-electron chi connectivity index (χ0n) is 11.6. The first kappa shape index (κ1) is 17.4. The molecule has 0 saturated carbocycles. The summed E-state index contributed by atoms with van der Waals surface area (Å²) in [5.74, 6) is -1.49. The minimum Gasteiger partial charge on any atom is -0.481 e. The summed E-state index contributed by atoms with van der Waals surface area (Å²) in [4.78, 5) is 33.6. The first-order valence-corrected chi connectivity index (χ1v) is 6.29. The maximum absolute atomic E-state index is 11.6. The van der Waals surface area contributed by atoms with Crippen molar-refractivity contribution in [3.8, 4) is 0 Å². The zero-order chi connectivity index (χ0) is 15.0. The monoisotopic (exact) mass is 273 g/mol. The van der Waals surface area contributed by atoms with Crippen LogP contribution in [0.2, 0.25) is 0 Å². The van der Waals surface area contributed by atoms with Crippen LogP contribution in [0.1, 0.15) is 33.6 Å². The standard InChI is InChI=1S/C12H23N3O4/c1-7(2)6-14-11(18)8(3)15-12(19)9(13)4-5-10(16)17/h7-9H,4-6,13H2,1-3H3,(H,14,18)(H,15,19)(H,16,17). The second-order valence-corrected chi connectivity index (χ2v) is 4.91. The number of nitrogens with two attached hydrogens (primary N) is 1. The van der Waals surface area contributed by atoms with Crippen molar-refractivity contribution in [1.29, 1.82) is 0 Å². The summed E-state index contributed by atoms with van der Waals surface area (Å²) in [6.07, 6.45) is -0.135. The molecule has 0 aliphatic carbocycles. The van der Waals surface area contributed by atoms with Crippen LogP contribution in [0.3, 0.4) is 0 Å². The van der Waals surface area contributed by atoms with E-state index in [0.29, 0.717) is 12.5 Å². The molecule has 0 spiro atoms. The van der Waals surface area contributed by atoms with E-state index >= 15 is 0 Å². The van der Waals surface area contributed by atoms with E-state index in [-0.39, 0.29) is 18.7 Å². The van der Waals surface area contributed by atoms with Gasteiger partial charge in [-0.05, 0) is 19.3 Å². The lowest BCUT2D eigenvalue weighted by Crippen LogP contribution is -2.50. The van der Waals surface area contributed by atoms with Gasteiger partial charge < -0.3 is 21.5 Å². The Morgan fingerprint density at radius 2 is 1.74 bits per heavy atom. The molecule has 0 heterocycles. The van der Waals surface area contributed by atoms with Crippen LogP contribution in [0.5, 0.6) is 0 Å². The van der Waals surface area contributed by atoms with Crippen LogP contribution in [-0.2, 0) is 14.4 Å². The molecule has 19 heavy (non-hydrogen) atoms. The maximum Gasteiger partial charge on any atom is 0.303 e. The van der Waals surface area contributed by atoms with E-state index in [1.165, 1.54) is 0 Å². The zero-order valence-corrected chi connectivity index (χ0v) is 11.6. The van der Waals surface area contributed by atoms with Gasteiger partial charge in [0.1, 0.15) is 6.04 Å². The molecule has 0 bridgehead atoms. The predicted octanol–water partition coefficient (Wildman–Crippen LogP) is -0.545. The second kappa shape index (κ2) is 8.47. The van der Waals surface area contributed by atoms with E-state index < -0.39 is 24.0 Å². The Hall–Kier alpha value is -1.63. The van der Waals surface area contributed by atoms with E-state index in [0.717, 1.165) is 0 Å². The fraction of sp³-hybridized carbons (Fsp3) is 0.750. The highest BCUT2D eigenvalue weighted by molar-refractivity contribution is 5.89. The molecule has 2 amide bonds. The van der Waals surface area contributed by atoms with E-state index in [1.807, 2.05) is 13.8 Å². The summed E-state index contributed by atoms with van der Waals surface area (Å²) in [6, 6.07) is -1.61. The van der Waals surface area contributed by atoms with E-state index in [1.54, 1.807) is 6.92 Å². The van der Waals surface area contributed by atoms with Gasteiger partial charge >= 0.3 is 5.97 Å². The molecule has 2 atom stereocenters. The van der Waals surface area contributed by atoms with Crippen LogP contribution in [0.15, 0.2) is 0 Å². The van der Waals surface area contributed by atoms with Crippen molar-refractivity contribution in [3.05, 3.63) is 0 Å². The molecule has 0 aromatic rings. The molecule has 7 nitrogen and oxygen atoms in total. The number of carbonyl (C=O) groups is 3. The van der Waals surface area contributed by atoms with Crippen molar-refractivity contribution in [2.75, 3.05) is 6.54 Å². The number of carbonyl (C=O) groups excluding carboxylic acids is 2. The molecular formula is C12H23N3O4. The summed E-state index contributed by atoms with van der Waals surface area (Å²) in [5.41, 5.74) is 5.53. The molecule has 0 aliphatic rings. The minimum absolute atomic E-state index is 0.0432. The molecule has 110 valence electrons. The third-order valence-electron chi connectivity index (χ3n) is 2.44. The van der Waals surface area contributed by atoms with Crippen molar-refractivity contribution in [2.24, 2.45) is 11.7 Å².